The van der Waals surface area contributed by atoms with Gasteiger partial charge in [0, 0.05) is 22.4 Å². The van der Waals surface area contributed by atoms with Crippen molar-refractivity contribution in [2.75, 3.05) is 11.1 Å². The fourth-order valence-electron chi connectivity index (χ4n) is 2.50. The van der Waals surface area contributed by atoms with Crippen molar-refractivity contribution in [3.63, 3.8) is 0 Å². The smallest absolute Gasteiger partial charge is 0.226 e. The number of amides is 1. The summed E-state index contributed by atoms with van der Waals surface area (Å²) in [5.74, 6) is -0.382. The van der Waals surface area contributed by atoms with Crippen LogP contribution in [0.3, 0.4) is 0 Å². The number of sulfone groups is 1. The molecule has 0 bridgehead atoms. The Morgan fingerprint density at radius 1 is 1.11 bits per heavy atom. The molecule has 3 rings (SSSR count). The molecule has 0 unspecified atom stereocenters. The number of halogens is 2. The maximum absolute atomic E-state index is 12.2. The van der Waals surface area contributed by atoms with Crippen molar-refractivity contribution in [1.29, 1.82) is 0 Å². The average molecular weight is 455 g/mol. The molecule has 2 aromatic carbocycles. The molecule has 0 radical (unpaired) electrons. The molecule has 0 aliphatic heterocycles. The van der Waals surface area contributed by atoms with Gasteiger partial charge in [0.05, 0.1) is 21.4 Å². The van der Waals surface area contributed by atoms with Gasteiger partial charge in [-0.05, 0) is 36.8 Å². The van der Waals surface area contributed by atoms with Crippen molar-refractivity contribution in [1.82, 2.24) is 4.98 Å². The average Bonchev–Trinajstić information content (AvgIpc) is 3.12. The SMILES string of the molecule is O=C(CCCS(=O)(=O)c1ccccc1)Nc1nc(-c2cc(Cl)ccc2Cl)cs1. The second kappa shape index (κ2) is 9.05. The Morgan fingerprint density at radius 2 is 1.86 bits per heavy atom. The number of aromatic nitrogens is 1. The van der Waals surface area contributed by atoms with E-state index in [2.05, 4.69) is 10.3 Å². The van der Waals surface area contributed by atoms with Crippen LogP contribution in [0, 0.1) is 0 Å². The molecule has 1 N–H and O–H groups in total. The highest BCUT2D eigenvalue weighted by atomic mass is 35.5. The second-order valence-corrected chi connectivity index (χ2v) is 9.76. The van der Waals surface area contributed by atoms with Crippen LogP contribution in [0.4, 0.5) is 5.13 Å². The molecular formula is C19H16Cl2N2O3S2. The highest BCUT2D eigenvalue weighted by Crippen LogP contribution is 2.32. The summed E-state index contributed by atoms with van der Waals surface area (Å²) in [6.45, 7) is 0. The third-order valence-corrected chi connectivity index (χ3v) is 7.01. The van der Waals surface area contributed by atoms with Gasteiger partial charge >= 0.3 is 0 Å². The zero-order valence-electron chi connectivity index (χ0n) is 14.6. The van der Waals surface area contributed by atoms with Crippen LogP contribution >= 0.6 is 34.5 Å². The minimum absolute atomic E-state index is 0.0822. The van der Waals surface area contributed by atoms with Gasteiger partial charge in [0.2, 0.25) is 5.91 Å². The largest absolute Gasteiger partial charge is 0.302 e. The van der Waals surface area contributed by atoms with E-state index in [0.29, 0.717) is 26.4 Å². The molecule has 1 heterocycles. The normalized spacial score (nSPS) is 11.4. The van der Waals surface area contributed by atoms with Crippen molar-refractivity contribution >= 4 is 55.4 Å². The van der Waals surface area contributed by atoms with Crippen molar-refractivity contribution in [3.05, 3.63) is 64.0 Å². The molecule has 0 fully saturated rings. The lowest BCUT2D eigenvalue weighted by Crippen LogP contribution is -2.14. The number of carbonyl (C=O) groups excluding carboxylic acids is 1. The van der Waals surface area contributed by atoms with E-state index in [0.717, 1.165) is 0 Å². The Labute approximate surface area is 177 Å². The summed E-state index contributed by atoms with van der Waals surface area (Å²) in [5.41, 5.74) is 1.29. The van der Waals surface area contributed by atoms with Gasteiger partial charge < -0.3 is 5.32 Å². The van der Waals surface area contributed by atoms with E-state index in [1.54, 1.807) is 53.9 Å². The quantitative estimate of drug-likeness (QED) is 0.524. The van der Waals surface area contributed by atoms with Gasteiger partial charge in [-0.3, -0.25) is 4.79 Å². The molecule has 0 aliphatic carbocycles. The highest BCUT2D eigenvalue weighted by molar-refractivity contribution is 7.91. The first-order valence-corrected chi connectivity index (χ1v) is 11.6. The van der Waals surface area contributed by atoms with E-state index in [1.165, 1.54) is 11.3 Å². The Balaban J connectivity index is 1.56. The molecule has 146 valence electrons. The molecular weight excluding hydrogens is 439 g/mol. The summed E-state index contributed by atoms with van der Waals surface area (Å²) >= 11 is 13.4. The van der Waals surface area contributed by atoms with Crippen LogP contribution in [0.25, 0.3) is 11.3 Å². The maximum Gasteiger partial charge on any atom is 0.226 e. The molecule has 5 nitrogen and oxygen atoms in total. The number of anilines is 1. The maximum atomic E-state index is 12.2. The van der Waals surface area contributed by atoms with E-state index in [4.69, 9.17) is 23.2 Å². The van der Waals surface area contributed by atoms with Gasteiger partial charge in [0.1, 0.15) is 0 Å². The number of hydrogen-bond acceptors (Lipinski definition) is 5. The molecule has 0 atom stereocenters. The molecule has 1 aromatic heterocycles. The first kappa shape index (κ1) is 20.8. The van der Waals surface area contributed by atoms with Crippen LogP contribution in [0.5, 0.6) is 0 Å². The molecule has 9 heteroatoms. The van der Waals surface area contributed by atoms with Crippen LogP contribution in [-0.2, 0) is 14.6 Å². The zero-order chi connectivity index (χ0) is 20.1. The summed E-state index contributed by atoms with van der Waals surface area (Å²) in [7, 11) is -3.39. The zero-order valence-corrected chi connectivity index (χ0v) is 17.7. The molecule has 1 amide bonds. The Morgan fingerprint density at radius 3 is 2.61 bits per heavy atom. The van der Waals surface area contributed by atoms with Crippen LogP contribution < -0.4 is 5.32 Å². The molecule has 28 heavy (non-hydrogen) atoms. The third-order valence-electron chi connectivity index (χ3n) is 3.87. The molecule has 0 saturated heterocycles. The number of carbonyl (C=O) groups is 1. The lowest BCUT2D eigenvalue weighted by Gasteiger charge is -2.05. The van der Waals surface area contributed by atoms with E-state index < -0.39 is 9.84 Å². The minimum Gasteiger partial charge on any atom is -0.302 e. The second-order valence-electron chi connectivity index (χ2n) is 5.95. The van der Waals surface area contributed by atoms with Gasteiger partial charge in [0.15, 0.2) is 15.0 Å². The Hall–Kier alpha value is -1.93. The van der Waals surface area contributed by atoms with Gasteiger partial charge in [-0.2, -0.15) is 0 Å². The van der Waals surface area contributed by atoms with Crippen LogP contribution in [-0.4, -0.2) is 25.1 Å². The molecule has 3 aromatic rings. The highest BCUT2D eigenvalue weighted by Gasteiger charge is 2.15. The lowest BCUT2D eigenvalue weighted by molar-refractivity contribution is -0.116. The van der Waals surface area contributed by atoms with Gasteiger partial charge in [-0.25, -0.2) is 13.4 Å². The van der Waals surface area contributed by atoms with Crippen LogP contribution in [0.15, 0.2) is 58.8 Å². The predicted molar refractivity (Wildman–Crippen MR) is 114 cm³/mol. The summed E-state index contributed by atoms with van der Waals surface area (Å²) in [6, 6.07) is 13.3. The van der Waals surface area contributed by atoms with Gasteiger partial charge in [-0.1, -0.05) is 41.4 Å². The number of thiazole rings is 1. The van der Waals surface area contributed by atoms with Crippen molar-refractivity contribution < 1.29 is 13.2 Å². The van der Waals surface area contributed by atoms with E-state index >= 15 is 0 Å². The predicted octanol–water partition coefficient (Wildman–Crippen LogP) is 5.31. The van der Waals surface area contributed by atoms with E-state index in [-0.39, 0.29) is 29.4 Å². The van der Waals surface area contributed by atoms with Gasteiger partial charge in [-0.15, -0.1) is 11.3 Å². The van der Waals surface area contributed by atoms with Gasteiger partial charge in [0.25, 0.3) is 0 Å². The number of nitrogens with one attached hydrogen (secondary N) is 1. The van der Waals surface area contributed by atoms with Crippen LogP contribution in [0.1, 0.15) is 12.8 Å². The van der Waals surface area contributed by atoms with Crippen molar-refractivity contribution in [2.24, 2.45) is 0 Å². The minimum atomic E-state index is -3.39. The lowest BCUT2D eigenvalue weighted by atomic mass is 10.2. The Kier molecular flexibility index (Phi) is 6.72. The first-order chi connectivity index (χ1) is 13.3. The monoisotopic (exact) mass is 454 g/mol. The van der Waals surface area contributed by atoms with E-state index in [9.17, 15) is 13.2 Å². The fraction of sp³-hybridized carbons (Fsp3) is 0.158. The number of hydrogen-bond donors (Lipinski definition) is 1. The summed E-state index contributed by atoms with van der Waals surface area (Å²) < 4.78 is 24.5. The molecule has 0 spiro atoms. The third kappa shape index (κ3) is 5.32. The summed E-state index contributed by atoms with van der Waals surface area (Å²) in [6.07, 6.45) is 0.306. The number of rotatable bonds is 7. The number of nitrogens with zero attached hydrogens (tertiary/aromatic N) is 1. The van der Waals surface area contributed by atoms with Crippen LogP contribution in [0.2, 0.25) is 10.0 Å². The standard InChI is InChI=1S/C19H16Cl2N2O3S2/c20-13-8-9-16(21)15(11-13)17-12-27-19(22-17)23-18(24)7-4-10-28(25,26)14-5-2-1-3-6-14/h1-3,5-6,8-9,11-12H,4,7,10H2,(H,22,23,24). The number of benzene rings is 2. The molecule has 0 aliphatic rings. The summed E-state index contributed by atoms with van der Waals surface area (Å²) in [4.78, 5) is 16.7. The fourth-order valence-corrected chi connectivity index (χ4v) is 4.94. The van der Waals surface area contributed by atoms with Crippen molar-refractivity contribution in [2.45, 2.75) is 17.7 Å². The summed E-state index contributed by atoms with van der Waals surface area (Å²) in [5, 5.41) is 5.93. The first-order valence-electron chi connectivity index (χ1n) is 8.34. The Bertz CT molecular complexity index is 1080. The van der Waals surface area contributed by atoms with Crippen molar-refractivity contribution in [3.8, 4) is 11.3 Å². The topological polar surface area (TPSA) is 76.1 Å². The molecule has 0 saturated carbocycles. The van der Waals surface area contributed by atoms with E-state index in [1.807, 2.05) is 0 Å².